The summed E-state index contributed by atoms with van der Waals surface area (Å²) in [6.07, 6.45) is 1.61. The van der Waals surface area contributed by atoms with Crippen molar-refractivity contribution < 1.29 is 14.3 Å². The van der Waals surface area contributed by atoms with Crippen molar-refractivity contribution in [3.63, 3.8) is 0 Å². The van der Waals surface area contributed by atoms with E-state index in [1.165, 1.54) is 0 Å². The van der Waals surface area contributed by atoms with Gasteiger partial charge in [0.15, 0.2) is 0 Å². The van der Waals surface area contributed by atoms with Crippen LogP contribution in [0.5, 0.6) is 11.5 Å². The Morgan fingerprint density at radius 1 is 0.857 bits per heavy atom. The minimum Gasteiger partial charge on any atom is -0.457 e. The van der Waals surface area contributed by atoms with E-state index in [-0.39, 0.29) is 23.3 Å². The molecule has 218 valence electrons. The Hall–Kier alpha value is -4.27. The standard InChI is InChI=1S/C34H39N5O3/c1-23(39-17-15-38(5)16-18-39)32(40)37-31-22-30(13-14-35-31)42-29-12-11-24-9-10-25(19-26(24)20-29)33(41)36-28-8-6-7-27(21-28)34(2,3)4/h6-14,19-23H,15-18H2,1-5H3,(H,36,41)(H,35,37,40). The van der Waals surface area contributed by atoms with Gasteiger partial charge >= 0.3 is 0 Å². The van der Waals surface area contributed by atoms with E-state index in [4.69, 9.17) is 4.74 Å². The lowest BCUT2D eigenvalue weighted by Gasteiger charge is -2.35. The molecule has 3 aromatic carbocycles. The molecule has 1 aliphatic heterocycles. The number of fused-ring (bicyclic) bond motifs is 1. The molecule has 1 aromatic heterocycles. The average Bonchev–Trinajstić information content (AvgIpc) is 2.96. The van der Waals surface area contributed by atoms with E-state index in [2.05, 4.69) is 59.3 Å². The highest BCUT2D eigenvalue weighted by atomic mass is 16.5. The van der Waals surface area contributed by atoms with Crippen LogP contribution in [-0.2, 0) is 10.2 Å². The topological polar surface area (TPSA) is 86.8 Å². The van der Waals surface area contributed by atoms with E-state index >= 15 is 0 Å². The zero-order chi connectivity index (χ0) is 29.9. The van der Waals surface area contributed by atoms with Crippen molar-refractivity contribution in [1.82, 2.24) is 14.8 Å². The summed E-state index contributed by atoms with van der Waals surface area (Å²) < 4.78 is 6.13. The molecule has 8 nitrogen and oxygen atoms in total. The van der Waals surface area contributed by atoms with Crippen molar-refractivity contribution in [2.45, 2.75) is 39.2 Å². The van der Waals surface area contributed by atoms with Gasteiger partial charge in [0, 0.05) is 49.7 Å². The Labute approximate surface area is 247 Å². The van der Waals surface area contributed by atoms with Crippen LogP contribution in [0.4, 0.5) is 11.5 Å². The normalized spacial score (nSPS) is 15.3. The molecule has 8 heteroatoms. The lowest BCUT2D eigenvalue weighted by Crippen LogP contribution is -2.51. The number of piperazine rings is 1. The number of nitrogens with zero attached hydrogens (tertiary/aromatic N) is 3. The number of carbonyl (C=O) groups excluding carboxylic acids is 2. The SMILES string of the molecule is CC(C(=O)Nc1cc(Oc2ccc3ccc(C(=O)Nc4cccc(C(C)(C)C)c4)cc3c2)ccn1)N1CCN(C)CC1. The number of likely N-dealkylation sites (N-methyl/N-ethyl adjacent to an activating group) is 1. The molecule has 4 aromatic rings. The molecule has 1 saturated heterocycles. The molecule has 2 amide bonds. The van der Waals surface area contributed by atoms with Crippen LogP contribution in [0.15, 0.2) is 79.0 Å². The first-order chi connectivity index (χ1) is 20.0. The van der Waals surface area contributed by atoms with E-state index in [0.717, 1.165) is 48.2 Å². The molecule has 1 fully saturated rings. The predicted octanol–water partition coefficient (Wildman–Crippen LogP) is 6.15. The Morgan fingerprint density at radius 3 is 2.36 bits per heavy atom. The maximum absolute atomic E-state index is 13.1. The lowest BCUT2D eigenvalue weighted by atomic mass is 9.87. The van der Waals surface area contributed by atoms with Crippen LogP contribution in [0.3, 0.4) is 0 Å². The summed E-state index contributed by atoms with van der Waals surface area (Å²) in [5.41, 5.74) is 2.47. The minimum absolute atomic E-state index is 0.00963. The Kier molecular flexibility index (Phi) is 8.56. The highest BCUT2D eigenvalue weighted by Crippen LogP contribution is 2.28. The smallest absolute Gasteiger partial charge is 0.255 e. The van der Waals surface area contributed by atoms with Gasteiger partial charge in [-0.15, -0.1) is 0 Å². The highest BCUT2D eigenvalue weighted by molar-refractivity contribution is 6.06. The van der Waals surface area contributed by atoms with E-state index < -0.39 is 0 Å². The third kappa shape index (κ3) is 7.13. The van der Waals surface area contributed by atoms with Gasteiger partial charge in [-0.25, -0.2) is 4.98 Å². The Balaban J connectivity index is 1.26. The minimum atomic E-state index is -0.251. The summed E-state index contributed by atoms with van der Waals surface area (Å²) in [5, 5.41) is 7.83. The fraction of sp³-hybridized carbons (Fsp3) is 0.324. The Bertz CT molecular complexity index is 1590. The molecular weight excluding hydrogens is 526 g/mol. The number of hydrogen-bond acceptors (Lipinski definition) is 6. The van der Waals surface area contributed by atoms with Gasteiger partial charge in [0.25, 0.3) is 5.91 Å². The molecule has 0 bridgehead atoms. The summed E-state index contributed by atoms with van der Waals surface area (Å²) in [7, 11) is 2.09. The maximum Gasteiger partial charge on any atom is 0.255 e. The third-order valence-electron chi connectivity index (χ3n) is 7.74. The number of rotatable bonds is 7. The van der Waals surface area contributed by atoms with Crippen LogP contribution in [0, 0.1) is 0 Å². The van der Waals surface area contributed by atoms with E-state index in [0.29, 0.717) is 22.9 Å². The number of amides is 2. The number of aromatic nitrogens is 1. The summed E-state index contributed by atoms with van der Waals surface area (Å²) >= 11 is 0. The molecule has 1 atom stereocenters. The second-order valence-corrected chi connectivity index (χ2v) is 12.0. The van der Waals surface area contributed by atoms with Gasteiger partial charge in [0.2, 0.25) is 5.91 Å². The van der Waals surface area contributed by atoms with Crippen molar-refractivity contribution in [3.8, 4) is 11.5 Å². The van der Waals surface area contributed by atoms with Gasteiger partial charge in [-0.05, 0) is 78.2 Å². The molecule has 1 unspecified atom stereocenters. The number of anilines is 2. The first-order valence-electron chi connectivity index (χ1n) is 14.4. The quantitative estimate of drug-likeness (QED) is 0.280. The van der Waals surface area contributed by atoms with E-state index in [1.54, 1.807) is 18.3 Å². The number of nitrogens with one attached hydrogen (secondary N) is 2. The molecular formula is C34H39N5O3. The van der Waals surface area contributed by atoms with Crippen LogP contribution in [0.25, 0.3) is 10.8 Å². The van der Waals surface area contributed by atoms with Crippen LogP contribution in [-0.4, -0.2) is 65.9 Å². The van der Waals surface area contributed by atoms with Crippen LogP contribution < -0.4 is 15.4 Å². The van der Waals surface area contributed by atoms with Crippen molar-refractivity contribution in [2.75, 3.05) is 43.9 Å². The Morgan fingerprint density at radius 2 is 1.60 bits per heavy atom. The average molecular weight is 566 g/mol. The fourth-order valence-electron chi connectivity index (χ4n) is 4.98. The molecule has 0 radical (unpaired) electrons. The first-order valence-corrected chi connectivity index (χ1v) is 14.4. The van der Waals surface area contributed by atoms with Crippen LogP contribution in [0.1, 0.15) is 43.6 Å². The summed E-state index contributed by atoms with van der Waals surface area (Å²) in [6, 6.07) is 22.5. The van der Waals surface area contributed by atoms with Crippen molar-refractivity contribution >= 4 is 34.1 Å². The molecule has 0 aliphatic carbocycles. The van der Waals surface area contributed by atoms with E-state index in [9.17, 15) is 9.59 Å². The number of hydrogen-bond donors (Lipinski definition) is 2. The predicted molar refractivity (Wildman–Crippen MR) is 169 cm³/mol. The summed E-state index contributed by atoms with van der Waals surface area (Å²) in [6.45, 7) is 12.0. The second kappa shape index (κ2) is 12.3. The zero-order valence-electron chi connectivity index (χ0n) is 25.0. The van der Waals surface area contributed by atoms with Crippen LogP contribution >= 0.6 is 0 Å². The van der Waals surface area contributed by atoms with Crippen LogP contribution in [0.2, 0.25) is 0 Å². The summed E-state index contributed by atoms with van der Waals surface area (Å²) in [4.78, 5) is 34.7. The van der Waals surface area contributed by atoms with Crippen molar-refractivity contribution in [2.24, 2.45) is 0 Å². The summed E-state index contributed by atoms with van der Waals surface area (Å²) in [5.74, 6) is 1.35. The fourth-order valence-corrected chi connectivity index (χ4v) is 4.98. The maximum atomic E-state index is 13.1. The number of benzene rings is 3. The lowest BCUT2D eigenvalue weighted by molar-refractivity contribution is -0.121. The molecule has 42 heavy (non-hydrogen) atoms. The number of ether oxygens (including phenoxy) is 1. The zero-order valence-corrected chi connectivity index (χ0v) is 25.0. The van der Waals surface area contributed by atoms with Crippen molar-refractivity contribution in [3.05, 3.63) is 90.1 Å². The second-order valence-electron chi connectivity index (χ2n) is 12.0. The molecule has 1 aliphatic rings. The van der Waals surface area contributed by atoms with Gasteiger partial charge in [-0.3, -0.25) is 14.5 Å². The molecule has 5 rings (SSSR count). The van der Waals surface area contributed by atoms with Gasteiger partial charge < -0.3 is 20.3 Å². The largest absolute Gasteiger partial charge is 0.457 e. The van der Waals surface area contributed by atoms with Gasteiger partial charge in [-0.2, -0.15) is 0 Å². The van der Waals surface area contributed by atoms with E-state index in [1.807, 2.05) is 61.5 Å². The molecule has 0 spiro atoms. The molecule has 2 heterocycles. The van der Waals surface area contributed by atoms with Crippen molar-refractivity contribution in [1.29, 1.82) is 0 Å². The van der Waals surface area contributed by atoms with Gasteiger partial charge in [0.05, 0.1) is 6.04 Å². The number of carbonyl (C=O) groups is 2. The molecule has 2 N–H and O–H groups in total. The first kappa shape index (κ1) is 29.2. The third-order valence-corrected chi connectivity index (χ3v) is 7.74. The molecule has 0 saturated carbocycles. The highest BCUT2D eigenvalue weighted by Gasteiger charge is 2.24. The monoisotopic (exact) mass is 565 g/mol. The van der Waals surface area contributed by atoms with Gasteiger partial charge in [0.1, 0.15) is 17.3 Å². The number of pyridine rings is 1. The van der Waals surface area contributed by atoms with Gasteiger partial charge in [-0.1, -0.05) is 45.0 Å².